The van der Waals surface area contributed by atoms with E-state index in [9.17, 15) is 19.2 Å². The molecule has 1 rings (SSSR count). The van der Waals surface area contributed by atoms with Gasteiger partial charge in [0, 0.05) is 78.5 Å². The molecule has 0 atom stereocenters. The molecule has 0 aromatic carbocycles. The van der Waals surface area contributed by atoms with Gasteiger partial charge < -0.3 is 21.3 Å². The molecule has 0 aliphatic carbocycles. The molecule has 0 spiro atoms. The number of nitrogens with one attached hydrogen (secondary N) is 4. The lowest BCUT2D eigenvalue weighted by atomic mass is 10.3. The summed E-state index contributed by atoms with van der Waals surface area (Å²) < 4.78 is 0. The number of carbonyl (C=O) groups excluding carboxylic acids is 4. The van der Waals surface area contributed by atoms with Crippen LogP contribution in [0, 0.1) is 0 Å². The van der Waals surface area contributed by atoms with Crippen molar-refractivity contribution in [2.45, 2.75) is 79.1 Å². The lowest BCUT2D eigenvalue weighted by Gasteiger charge is -2.33. The summed E-state index contributed by atoms with van der Waals surface area (Å²) in [6.45, 7) is 17.2. The molecule has 0 aromatic heterocycles. The Labute approximate surface area is 267 Å². The van der Waals surface area contributed by atoms with E-state index in [1.165, 1.54) is 0 Å². The molecule has 1 aliphatic heterocycles. The summed E-state index contributed by atoms with van der Waals surface area (Å²) in [4.78, 5) is 59.6. The highest BCUT2D eigenvalue weighted by Crippen LogP contribution is 2.02. The van der Waals surface area contributed by atoms with E-state index in [2.05, 4.69) is 68.6 Å². The first kappa shape index (κ1) is 39.7. The fourth-order valence-corrected chi connectivity index (χ4v) is 4.87. The average Bonchev–Trinajstić information content (AvgIpc) is 2.99. The van der Waals surface area contributed by atoms with Crippen LogP contribution in [0.1, 0.15) is 79.1 Å². The number of nitrogens with zero attached hydrogens (tertiary/aromatic N) is 4. The highest BCUT2D eigenvalue weighted by molar-refractivity contribution is 5.79. The number of hydrogen-bond donors (Lipinski definition) is 4. The first-order chi connectivity index (χ1) is 21.3. The summed E-state index contributed by atoms with van der Waals surface area (Å²) in [5.74, 6) is -0.00547. The zero-order valence-electron chi connectivity index (χ0n) is 28.4. The molecular formula is C32H64N8O4. The van der Waals surface area contributed by atoms with E-state index in [0.29, 0.717) is 78.5 Å². The summed E-state index contributed by atoms with van der Waals surface area (Å²) in [6, 6.07) is 0. The van der Waals surface area contributed by atoms with Gasteiger partial charge in [0.05, 0.1) is 26.2 Å². The lowest BCUT2D eigenvalue weighted by Crippen LogP contribution is -2.51. The molecule has 256 valence electrons. The van der Waals surface area contributed by atoms with Gasteiger partial charge in [-0.1, -0.05) is 53.4 Å². The van der Waals surface area contributed by atoms with Crippen LogP contribution in [0.15, 0.2) is 0 Å². The number of hydrogen-bond acceptors (Lipinski definition) is 8. The number of amides is 4. The summed E-state index contributed by atoms with van der Waals surface area (Å²) in [7, 11) is 0. The van der Waals surface area contributed by atoms with Gasteiger partial charge in [-0.05, 0) is 25.7 Å². The first-order valence-electron chi connectivity index (χ1n) is 17.3. The minimum absolute atomic E-state index is 0.00137. The Hall–Kier alpha value is -2.28. The molecule has 12 heteroatoms. The third-order valence-electron chi connectivity index (χ3n) is 7.81. The second-order valence-corrected chi connectivity index (χ2v) is 11.9. The Balaban J connectivity index is 3.05. The molecule has 1 saturated heterocycles. The van der Waals surface area contributed by atoms with Crippen LogP contribution in [0.2, 0.25) is 0 Å². The van der Waals surface area contributed by atoms with Crippen LogP contribution in [0.4, 0.5) is 0 Å². The van der Waals surface area contributed by atoms with Crippen molar-refractivity contribution >= 4 is 23.6 Å². The molecule has 0 saturated carbocycles. The highest BCUT2D eigenvalue weighted by atomic mass is 16.2. The number of unbranched alkanes of at least 4 members (excludes halogenated alkanes) is 4. The molecule has 1 aliphatic rings. The second-order valence-electron chi connectivity index (χ2n) is 11.9. The van der Waals surface area contributed by atoms with E-state index in [1.807, 2.05) is 0 Å². The van der Waals surface area contributed by atoms with Crippen molar-refractivity contribution in [3.63, 3.8) is 0 Å². The van der Waals surface area contributed by atoms with E-state index in [4.69, 9.17) is 0 Å². The molecule has 12 nitrogen and oxygen atoms in total. The van der Waals surface area contributed by atoms with Crippen molar-refractivity contribution in [2.75, 3.05) is 105 Å². The molecule has 1 heterocycles. The minimum atomic E-state index is -0.00137. The number of rotatable bonds is 20. The predicted octanol–water partition coefficient (Wildman–Crippen LogP) is 0.873. The molecule has 0 bridgehead atoms. The standard InChI is InChI=1S/C32H64N8O4/c1-5-9-13-33-29(41)25-37-17-19-38(26-30(42)34-14-10-6-2)21-23-40(28-32(44)36-16-12-8-4)24-22-39(20-18-37)27-31(43)35-15-11-7-3/h5-28H2,1-4H3,(H,33,41)(H,34,42)(H,35,43)(H,36,44). The van der Waals surface area contributed by atoms with Crippen molar-refractivity contribution in [3.8, 4) is 0 Å². The maximum Gasteiger partial charge on any atom is 0.234 e. The van der Waals surface area contributed by atoms with E-state index < -0.39 is 0 Å². The minimum Gasteiger partial charge on any atom is -0.355 e. The molecule has 4 amide bonds. The summed E-state index contributed by atoms with van der Waals surface area (Å²) in [5, 5.41) is 12.1. The van der Waals surface area contributed by atoms with Crippen LogP contribution in [-0.4, -0.2) is 148 Å². The highest BCUT2D eigenvalue weighted by Gasteiger charge is 2.21. The summed E-state index contributed by atoms with van der Waals surface area (Å²) in [5.41, 5.74) is 0. The van der Waals surface area contributed by atoms with Crippen LogP contribution >= 0.6 is 0 Å². The van der Waals surface area contributed by atoms with Crippen LogP contribution in [0.5, 0.6) is 0 Å². The molecule has 0 unspecified atom stereocenters. The molecule has 44 heavy (non-hydrogen) atoms. The maximum absolute atomic E-state index is 12.8. The van der Waals surface area contributed by atoms with Gasteiger partial charge in [-0.2, -0.15) is 0 Å². The van der Waals surface area contributed by atoms with Crippen molar-refractivity contribution in [3.05, 3.63) is 0 Å². The van der Waals surface area contributed by atoms with Crippen LogP contribution < -0.4 is 21.3 Å². The van der Waals surface area contributed by atoms with E-state index in [0.717, 1.165) is 51.4 Å². The fourth-order valence-electron chi connectivity index (χ4n) is 4.87. The zero-order valence-corrected chi connectivity index (χ0v) is 28.4. The number of carbonyl (C=O) groups is 4. The largest absolute Gasteiger partial charge is 0.355 e. The average molecular weight is 625 g/mol. The summed E-state index contributed by atoms with van der Waals surface area (Å²) in [6.07, 6.45) is 7.86. The first-order valence-corrected chi connectivity index (χ1v) is 17.3. The van der Waals surface area contributed by atoms with Crippen molar-refractivity contribution in [1.82, 2.24) is 40.9 Å². The Morgan fingerprint density at radius 3 is 0.727 bits per heavy atom. The van der Waals surface area contributed by atoms with Gasteiger partial charge in [-0.3, -0.25) is 38.8 Å². The molecule has 0 aromatic rings. The van der Waals surface area contributed by atoms with Gasteiger partial charge in [0.2, 0.25) is 23.6 Å². The predicted molar refractivity (Wildman–Crippen MR) is 177 cm³/mol. The topological polar surface area (TPSA) is 129 Å². The van der Waals surface area contributed by atoms with Gasteiger partial charge in [-0.25, -0.2) is 0 Å². The Kier molecular flexibility index (Phi) is 23.5. The monoisotopic (exact) mass is 625 g/mol. The van der Waals surface area contributed by atoms with Gasteiger partial charge in [0.25, 0.3) is 0 Å². The van der Waals surface area contributed by atoms with Crippen molar-refractivity contribution < 1.29 is 19.2 Å². The maximum atomic E-state index is 12.8. The van der Waals surface area contributed by atoms with Gasteiger partial charge >= 0.3 is 0 Å². The molecule has 1 fully saturated rings. The van der Waals surface area contributed by atoms with Gasteiger partial charge in [-0.15, -0.1) is 0 Å². The van der Waals surface area contributed by atoms with E-state index in [-0.39, 0.29) is 49.8 Å². The fraction of sp³-hybridized carbons (Fsp3) is 0.875. The lowest BCUT2D eigenvalue weighted by molar-refractivity contribution is -0.125. The molecular weight excluding hydrogens is 560 g/mol. The zero-order chi connectivity index (χ0) is 32.4. The van der Waals surface area contributed by atoms with Crippen molar-refractivity contribution in [1.29, 1.82) is 0 Å². The second kappa shape index (κ2) is 26.0. The van der Waals surface area contributed by atoms with Crippen LogP contribution in [0.3, 0.4) is 0 Å². The van der Waals surface area contributed by atoms with Crippen molar-refractivity contribution in [2.24, 2.45) is 0 Å². The van der Waals surface area contributed by atoms with E-state index >= 15 is 0 Å². The smallest absolute Gasteiger partial charge is 0.234 e. The van der Waals surface area contributed by atoms with Gasteiger partial charge in [0.15, 0.2) is 0 Å². The third-order valence-corrected chi connectivity index (χ3v) is 7.81. The van der Waals surface area contributed by atoms with Crippen LogP contribution in [0.25, 0.3) is 0 Å². The van der Waals surface area contributed by atoms with Gasteiger partial charge in [0.1, 0.15) is 0 Å². The Morgan fingerprint density at radius 1 is 0.386 bits per heavy atom. The quantitative estimate of drug-likeness (QED) is 0.147. The Morgan fingerprint density at radius 2 is 0.568 bits per heavy atom. The summed E-state index contributed by atoms with van der Waals surface area (Å²) >= 11 is 0. The molecule has 4 N–H and O–H groups in total. The molecule has 0 radical (unpaired) electrons. The SMILES string of the molecule is CCCCNC(=O)CN1CCN(CC(=O)NCCCC)CCN(CC(=O)NCCCC)CCN(CC(=O)NCCCC)CC1. The normalized spacial score (nSPS) is 16.5. The van der Waals surface area contributed by atoms with Crippen LogP contribution in [-0.2, 0) is 19.2 Å². The Bertz CT molecular complexity index is 656. The third kappa shape index (κ3) is 20.6. The van der Waals surface area contributed by atoms with E-state index in [1.54, 1.807) is 0 Å².